The molecule has 0 spiro atoms. The molecule has 0 radical (unpaired) electrons. The van der Waals surface area contributed by atoms with Crippen LogP contribution in [-0.2, 0) is 9.59 Å². The van der Waals surface area contributed by atoms with Gasteiger partial charge in [-0.15, -0.1) is 0 Å². The van der Waals surface area contributed by atoms with Gasteiger partial charge in [-0.3, -0.25) is 4.79 Å². The first kappa shape index (κ1) is 12.1. The van der Waals surface area contributed by atoms with Crippen molar-refractivity contribution >= 4 is 11.7 Å². The maximum atomic E-state index is 11.3. The molecule has 0 aromatic rings. The lowest BCUT2D eigenvalue weighted by Crippen LogP contribution is -2.31. The minimum Gasteiger partial charge on any atom is -0.359 e. The van der Waals surface area contributed by atoms with Crippen LogP contribution in [-0.4, -0.2) is 18.7 Å². The first-order chi connectivity index (χ1) is 5.99. The van der Waals surface area contributed by atoms with E-state index in [1.165, 1.54) is 0 Å². The molecule has 3 heteroatoms. The predicted octanol–water partition coefficient (Wildman–Crippen LogP) is 1.37. The van der Waals surface area contributed by atoms with Gasteiger partial charge in [0.15, 0.2) is 0 Å². The monoisotopic (exact) mass is 185 g/mol. The molecule has 13 heavy (non-hydrogen) atoms. The highest BCUT2D eigenvalue weighted by atomic mass is 16.1. The summed E-state index contributed by atoms with van der Waals surface area (Å²) in [5.41, 5.74) is 0. The van der Waals surface area contributed by atoms with Gasteiger partial charge in [-0.2, -0.15) is 0 Å². The van der Waals surface area contributed by atoms with Crippen molar-refractivity contribution in [1.29, 1.82) is 0 Å². The third-order valence-electron chi connectivity index (χ3n) is 2.20. The Morgan fingerprint density at radius 1 is 1.31 bits per heavy atom. The van der Waals surface area contributed by atoms with Crippen LogP contribution < -0.4 is 5.32 Å². The molecule has 0 aromatic heterocycles. The molecular weight excluding hydrogens is 166 g/mol. The van der Waals surface area contributed by atoms with Crippen molar-refractivity contribution in [3.63, 3.8) is 0 Å². The molecule has 0 saturated heterocycles. The van der Waals surface area contributed by atoms with Crippen LogP contribution in [0.1, 0.15) is 33.6 Å². The second kappa shape index (κ2) is 5.73. The molecule has 0 aliphatic carbocycles. The Hall–Kier alpha value is -0.860. The second-order valence-electron chi connectivity index (χ2n) is 3.71. The zero-order valence-electron chi connectivity index (χ0n) is 8.89. The Labute approximate surface area is 79.9 Å². The van der Waals surface area contributed by atoms with Gasteiger partial charge in [0.25, 0.3) is 0 Å². The molecule has 0 heterocycles. The highest BCUT2D eigenvalue weighted by Crippen LogP contribution is 2.17. The highest BCUT2D eigenvalue weighted by molar-refractivity contribution is 5.80. The summed E-state index contributed by atoms with van der Waals surface area (Å²) in [4.78, 5) is 22.1. The summed E-state index contributed by atoms with van der Waals surface area (Å²) in [5, 5.41) is 2.62. The van der Waals surface area contributed by atoms with Crippen LogP contribution in [0.15, 0.2) is 0 Å². The van der Waals surface area contributed by atoms with Gasteiger partial charge in [0.2, 0.25) is 5.91 Å². The number of carbonyl (C=O) groups is 2. The summed E-state index contributed by atoms with van der Waals surface area (Å²) in [6.45, 7) is 5.56. The van der Waals surface area contributed by atoms with Gasteiger partial charge in [-0.1, -0.05) is 13.8 Å². The highest BCUT2D eigenvalue weighted by Gasteiger charge is 2.20. The summed E-state index contributed by atoms with van der Waals surface area (Å²) in [6, 6.07) is 0. The molecular formula is C10H19NO2. The summed E-state index contributed by atoms with van der Waals surface area (Å²) in [6.07, 6.45) is 1.16. The van der Waals surface area contributed by atoms with Crippen LogP contribution in [0, 0.1) is 11.8 Å². The smallest absolute Gasteiger partial charge is 0.223 e. The molecule has 76 valence electrons. The number of hydrogen-bond acceptors (Lipinski definition) is 2. The third kappa shape index (κ3) is 4.65. The normalized spacial score (nSPS) is 12.7. The first-order valence-electron chi connectivity index (χ1n) is 4.70. The lowest BCUT2D eigenvalue weighted by atomic mass is 9.90. The zero-order valence-corrected chi connectivity index (χ0v) is 8.89. The maximum Gasteiger partial charge on any atom is 0.223 e. The second-order valence-corrected chi connectivity index (χ2v) is 3.71. The minimum atomic E-state index is -0.0334. The van der Waals surface area contributed by atoms with Gasteiger partial charge in [-0.25, -0.2) is 0 Å². The standard InChI is InChI=1S/C10H19NO2/c1-7(2)9(10(13)11-4)6-5-8(3)12/h7,9H,5-6H2,1-4H3,(H,11,13). The minimum absolute atomic E-state index is 0.0334. The zero-order chi connectivity index (χ0) is 10.4. The fourth-order valence-corrected chi connectivity index (χ4v) is 1.31. The molecule has 3 nitrogen and oxygen atoms in total. The Kier molecular flexibility index (Phi) is 5.35. The molecule has 0 aromatic carbocycles. The van der Waals surface area contributed by atoms with E-state index in [4.69, 9.17) is 0 Å². The number of carbonyl (C=O) groups excluding carboxylic acids is 2. The van der Waals surface area contributed by atoms with E-state index >= 15 is 0 Å². The molecule has 0 saturated carbocycles. The first-order valence-corrected chi connectivity index (χ1v) is 4.70. The van der Waals surface area contributed by atoms with E-state index in [9.17, 15) is 9.59 Å². The van der Waals surface area contributed by atoms with Gasteiger partial charge in [-0.05, 0) is 19.3 Å². The summed E-state index contributed by atoms with van der Waals surface area (Å²) in [7, 11) is 1.63. The molecule has 0 fully saturated rings. The van der Waals surface area contributed by atoms with Crippen LogP contribution in [0.2, 0.25) is 0 Å². The molecule has 1 atom stereocenters. The van der Waals surface area contributed by atoms with E-state index < -0.39 is 0 Å². The molecule has 0 bridgehead atoms. The summed E-state index contributed by atoms with van der Waals surface area (Å²) >= 11 is 0. The molecule has 1 N–H and O–H groups in total. The number of amides is 1. The van der Waals surface area contributed by atoms with Crippen molar-refractivity contribution in [2.75, 3.05) is 7.05 Å². The van der Waals surface area contributed by atoms with E-state index in [1.54, 1.807) is 14.0 Å². The quantitative estimate of drug-likeness (QED) is 0.703. The van der Waals surface area contributed by atoms with E-state index in [-0.39, 0.29) is 17.6 Å². The predicted molar refractivity (Wildman–Crippen MR) is 52.3 cm³/mol. The van der Waals surface area contributed by atoms with Crippen molar-refractivity contribution in [2.24, 2.45) is 11.8 Å². The van der Waals surface area contributed by atoms with Crippen LogP contribution >= 0.6 is 0 Å². The lowest BCUT2D eigenvalue weighted by Gasteiger charge is -2.18. The van der Waals surface area contributed by atoms with Crippen LogP contribution in [0.25, 0.3) is 0 Å². The number of Topliss-reactive ketones (excluding diaryl/α,β-unsaturated/α-hetero) is 1. The summed E-state index contributed by atoms with van der Waals surface area (Å²) in [5.74, 6) is 0.444. The van der Waals surface area contributed by atoms with Gasteiger partial charge in [0, 0.05) is 19.4 Å². The van der Waals surface area contributed by atoms with E-state index in [2.05, 4.69) is 5.32 Å². The van der Waals surface area contributed by atoms with Gasteiger partial charge in [0.05, 0.1) is 0 Å². The number of rotatable bonds is 5. The van der Waals surface area contributed by atoms with Crippen molar-refractivity contribution in [1.82, 2.24) is 5.32 Å². The molecule has 0 rings (SSSR count). The molecule has 0 aliphatic rings. The fraction of sp³-hybridized carbons (Fsp3) is 0.800. The SMILES string of the molecule is CNC(=O)C(CCC(C)=O)C(C)C. The average Bonchev–Trinajstić information content (AvgIpc) is 2.03. The fourth-order valence-electron chi connectivity index (χ4n) is 1.31. The summed E-state index contributed by atoms with van der Waals surface area (Å²) < 4.78 is 0. The number of ketones is 1. The lowest BCUT2D eigenvalue weighted by molar-refractivity contribution is -0.126. The van der Waals surface area contributed by atoms with Crippen molar-refractivity contribution in [2.45, 2.75) is 33.6 Å². The molecule has 0 aliphatic heterocycles. The van der Waals surface area contributed by atoms with Crippen LogP contribution in [0.4, 0.5) is 0 Å². The number of hydrogen-bond donors (Lipinski definition) is 1. The van der Waals surface area contributed by atoms with Crippen LogP contribution in [0.5, 0.6) is 0 Å². The third-order valence-corrected chi connectivity index (χ3v) is 2.20. The topological polar surface area (TPSA) is 46.2 Å². The van der Waals surface area contributed by atoms with Gasteiger partial charge < -0.3 is 10.1 Å². The van der Waals surface area contributed by atoms with Crippen molar-refractivity contribution < 1.29 is 9.59 Å². The van der Waals surface area contributed by atoms with E-state index in [0.717, 1.165) is 0 Å². The van der Waals surface area contributed by atoms with Crippen molar-refractivity contribution in [3.8, 4) is 0 Å². The molecule has 1 amide bonds. The Balaban J connectivity index is 4.10. The molecule has 1 unspecified atom stereocenters. The number of nitrogens with one attached hydrogen (secondary N) is 1. The van der Waals surface area contributed by atoms with E-state index in [0.29, 0.717) is 18.8 Å². The Morgan fingerprint density at radius 2 is 1.85 bits per heavy atom. The van der Waals surface area contributed by atoms with Crippen LogP contribution in [0.3, 0.4) is 0 Å². The van der Waals surface area contributed by atoms with Gasteiger partial charge in [0.1, 0.15) is 5.78 Å². The van der Waals surface area contributed by atoms with Gasteiger partial charge >= 0.3 is 0 Å². The largest absolute Gasteiger partial charge is 0.359 e. The Morgan fingerprint density at radius 3 is 2.15 bits per heavy atom. The average molecular weight is 185 g/mol. The Bertz CT molecular complexity index is 187. The van der Waals surface area contributed by atoms with E-state index in [1.807, 2.05) is 13.8 Å². The van der Waals surface area contributed by atoms with Crippen molar-refractivity contribution in [3.05, 3.63) is 0 Å². The maximum absolute atomic E-state index is 11.3.